The molecule has 32 heavy (non-hydrogen) atoms. The Hall–Kier alpha value is -3.09. The van der Waals surface area contributed by atoms with E-state index in [0.29, 0.717) is 27.3 Å². The molecule has 1 unspecified atom stereocenters. The Labute approximate surface area is 197 Å². The second-order valence-corrected chi connectivity index (χ2v) is 9.00. The van der Waals surface area contributed by atoms with Crippen LogP contribution in [0.5, 0.6) is 11.5 Å². The van der Waals surface area contributed by atoms with Crippen LogP contribution in [0.1, 0.15) is 29.7 Å². The highest BCUT2D eigenvalue weighted by Gasteiger charge is 2.35. The minimum atomic E-state index is -0.127. The molecule has 3 aromatic rings. The fourth-order valence-electron chi connectivity index (χ4n) is 3.47. The molecule has 3 aromatic carbocycles. The van der Waals surface area contributed by atoms with E-state index in [0.717, 1.165) is 16.7 Å². The van der Waals surface area contributed by atoms with Crippen molar-refractivity contribution in [2.75, 3.05) is 7.11 Å². The van der Waals surface area contributed by atoms with E-state index in [1.165, 1.54) is 11.8 Å². The standard InChI is InChI=1S/C26H23NO3S2/c1-18(21-11-7-4-8-12-21)27-25(28)24(32-26(27)31)16-20-13-14-22(23(15-20)29-2)30-17-19-9-5-3-6-10-19/h3-16,18H,17H2,1-2H3. The number of benzene rings is 3. The van der Waals surface area contributed by atoms with Crippen LogP contribution in [-0.2, 0) is 11.4 Å². The molecule has 1 atom stereocenters. The molecule has 0 bridgehead atoms. The number of rotatable bonds is 7. The average Bonchev–Trinajstić information content (AvgIpc) is 3.11. The molecule has 1 saturated heterocycles. The maximum atomic E-state index is 13.1. The first-order valence-electron chi connectivity index (χ1n) is 10.2. The average molecular weight is 462 g/mol. The second-order valence-electron chi connectivity index (χ2n) is 7.32. The van der Waals surface area contributed by atoms with Crippen LogP contribution in [0.4, 0.5) is 0 Å². The van der Waals surface area contributed by atoms with E-state index >= 15 is 0 Å². The highest BCUT2D eigenvalue weighted by Crippen LogP contribution is 2.39. The number of thioether (sulfide) groups is 1. The normalized spacial score (nSPS) is 15.8. The van der Waals surface area contributed by atoms with Gasteiger partial charge in [-0.2, -0.15) is 0 Å². The third-order valence-electron chi connectivity index (χ3n) is 5.22. The van der Waals surface area contributed by atoms with Crippen molar-refractivity contribution in [3.8, 4) is 11.5 Å². The van der Waals surface area contributed by atoms with E-state index < -0.39 is 0 Å². The van der Waals surface area contributed by atoms with Crippen LogP contribution in [0.25, 0.3) is 6.08 Å². The highest BCUT2D eigenvalue weighted by molar-refractivity contribution is 8.26. The number of ether oxygens (including phenoxy) is 2. The van der Waals surface area contributed by atoms with Gasteiger partial charge in [0.25, 0.3) is 5.91 Å². The number of hydrogen-bond donors (Lipinski definition) is 0. The zero-order chi connectivity index (χ0) is 22.5. The van der Waals surface area contributed by atoms with Gasteiger partial charge in [-0.3, -0.25) is 9.69 Å². The Bertz CT molecular complexity index is 1150. The Morgan fingerprint density at radius 1 is 1.00 bits per heavy atom. The summed E-state index contributed by atoms with van der Waals surface area (Å²) in [5.41, 5.74) is 2.98. The molecule has 162 valence electrons. The number of carbonyl (C=O) groups excluding carboxylic acids is 1. The predicted molar refractivity (Wildman–Crippen MR) is 134 cm³/mol. The van der Waals surface area contributed by atoms with Crippen molar-refractivity contribution >= 4 is 40.3 Å². The summed E-state index contributed by atoms with van der Waals surface area (Å²) in [5, 5.41) is 0. The summed E-state index contributed by atoms with van der Waals surface area (Å²) in [4.78, 5) is 15.4. The molecular weight excluding hydrogens is 438 g/mol. The zero-order valence-electron chi connectivity index (χ0n) is 17.9. The van der Waals surface area contributed by atoms with Crippen LogP contribution in [0.3, 0.4) is 0 Å². The van der Waals surface area contributed by atoms with Gasteiger partial charge in [0.15, 0.2) is 11.5 Å². The molecular formula is C26H23NO3S2. The minimum absolute atomic E-state index is 0.0836. The third-order valence-corrected chi connectivity index (χ3v) is 6.55. The van der Waals surface area contributed by atoms with E-state index in [-0.39, 0.29) is 11.9 Å². The summed E-state index contributed by atoms with van der Waals surface area (Å²) in [6.45, 7) is 2.44. The van der Waals surface area contributed by atoms with Crippen molar-refractivity contribution in [1.29, 1.82) is 0 Å². The topological polar surface area (TPSA) is 38.8 Å². The van der Waals surface area contributed by atoms with Crippen LogP contribution >= 0.6 is 24.0 Å². The van der Waals surface area contributed by atoms with Gasteiger partial charge in [-0.1, -0.05) is 90.7 Å². The van der Waals surface area contributed by atoms with Gasteiger partial charge >= 0.3 is 0 Å². The third kappa shape index (κ3) is 4.87. The van der Waals surface area contributed by atoms with Crippen molar-refractivity contribution in [3.63, 3.8) is 0 Å². The van der Waals surface area contributed by atoms with E-state index in [9.17, 15) is 4.79 Å². The van der Waals surface area contributed by atoms with Gasteiger partial charge < -0.3 is 9.47 Å². The van der Waals surface area contributed by atoms with Crippen molar-refractivity contribution in [2.24, 2.45) is 0 Å². The molecule has 1 heterocycles. The van der Waals surface area contributed by atoms with Crippen molar-refractivity contribution < 1.29 is 14.3 Å². The van der Waals surface area contributed by atoms with Gasteiger partial charge in [0, 0.05) is 0 Å². The van der Waals surface area contributed by atoms with E-state index in [2.05, 4.69) is 0 Å². The van der Waals surface area contributed by atoms with Crippen molar-refractivity contribution in [2.45, 2.75) is 19.6 Å². The van der Waals surface area contributed by atoms with E-state index in [1.807, 2.05) is 91.9 Å². The van der Waals surface area contributed by atoms with E-state index in [4.69, 9.17) is 21.7 Å². The zero-order valence-corrected chi connectivity index (χ0v) is 19.5. The molecule has 1 amide bonds. The number of carbonyl (C=O) groups is 1. The van der Waals surface area contributed by atoms with E-state index in [1.54, 1.807) is 12.0 Å². The molecule has 1 aliphatic rings. The Kier molecular flexibility index (Phi) is 6.93. The highest BCUT2D eigenvalue weighted by atomic mass is 32.2. The van der Waals surface area contributed by atoms with Gasteiger partial charge in [-0.25, -0.2) is 0 Å². The molecule has 1 aliphatic heterocycles. The second kappa shape index (κ2) is 10.0. The predicted octanol–water partition coefficient (Wildman–Crippen LogP) is 6.24. The number of amides is 1. The van der Waals surface area contributed by atoms with Crippen LogP contribution in [-0.4, -0.2) is 22.2 Å². The number of hydrogen-bond acceptors (Lipinski definition) is 5. The van der Waals surface area contributed by atoms with Gasteiger partial charge in [-0.05, 0) is 41.8 Å². The number of thiocarbonyl (C=S) groups is 1. The Morgan fingerprint density at radius 3 is 2.38 bits per heavy atom. The fraction of sp³-hybridized carbons (Fsp3) is 0.154. The van der Waals surface area contributed by atoms with Gasteiger partial charge in [0.05, 0.1) is 18.1 Å². The lowest BCUT2D eigenvalue weighted by atomic mass is 10.1. The summed E-state index contributed by atoms with van der Waals surface area (Å²) in [6.07, 6.45) is 1.85. The first-order valence-corrected chi connectivity index (χ1v) is 11.5. The lowest BCUT2D eigenvalue weighted by Gasteiger charge is -2.23. The monoisotopic (exact) mass is 461 g/mol. The van der Waals surface area contributed by atoms with Gasteiger partial charge in [-0.15, -0.1) is 0 Å². The maximum Gasteiger partial charge on any atom is 0.266 e. The maximum absolute atomic E-state index is 13.1. The van der Waals surface area contributed by atoms with Gasteiger partial charge in [0.2, 0.25) is 0 Å². The number of methoxy groups -OCH3 is 1. The first kappa shape index (κ1) is 22.1. The Balaban J connectivity index is 1.52. The molecule has 0 saturated carbocycles. The minimum Gasteiger partial charge on any atom is -0.493 e. The van der Waals surface area contributed by atoms with Crippen molar-refractivity contribution in [3.05, 3.63) is 100 Å². The summed E-state index contributed by atoms with van der Waals surface area (Å²) in [7, 11) is 1.61. The van der Waals surface area contributed by atoms with Crippen LogP contribution < -0.4 is 9.47 Å². The van der Waals surface area contributed by atoms with Gasteiger partial charge in [0.1, 0.15) is 10.9 Å². The summed E-state index contributed by atoms with van der Waals surface area (Å²) < 4.78 is 12.0. The Morgan fingerprint density at radius 2 is 1.69 bits per heavy atom. The lowest BCUT2D eigenvalue weighted by Crippen LogP contribution is -2.30. The molecule has 4 rings (SSSR count). The van der Waals surface area contributed by atoms with Crippen LogP contribution in [0, 0.1) is 0 Å². The molecule has 0 N–H and O–H groups in total. The quantitative estimate of drug-likeness (QED) is 0.308. The largest absolute Gasteiger partial charge is 0.493 e. The molecule has 0 aromatic heterocycles. The fourth-order valence-corrected chi connectivity index (χ4v) is 4.89. The molecule has 0 aliphatic carbocycles. The summed E-state index contributed by atoms with van der Waals surface area (Å²) in [5.74, 6) is 1.18. The summed E-state index contributed by atoms with van der Waals surface area (Å²) >= 11 is 6.84. The lowest BCUT2D eigenvalue weighted by molar-refractivity contribution is -0.123. The molecule has 0 spiro atoms. The number of nitrogens with zero attached hydrogens (tertiary/aromatic N) is 1. The SMILES string of the molecule is COc1cc(C=C2SC(=S)N(C(C)c3ccccc3)C2=O)ccc1OCc1ccccc1. The molecule has 0 radical (unpaired) electrons. The molecule has 1 fully saturated rings. The smallest absolute Gasteiger partial charge is 0.266 e. The summed E-state index contributed by atoms with van der Waals surface area (Å²) in [6, 6.07) is 25.4. The molecule has 6 heteroatoms. The van der Waals surface area contributed by atoms with Crippen LogP contribution in [0.15, 0.2) is 83.8 Å². The molecule has 4 nitrogen and oxygen atoms in total. The van der Waals surface area contributed by atoms with Crippen LogP contribution in [0.2, 0.25) is 0 Å². The first-order chi connectivity index (χ1) is 15.6. The van der Waals surface area contributed by atoms with Crippen molar-refractivity contribution in [1.82, 2.24) is 4.90 Å².